The molecule has 2 aromatic carbocycles. The molecule has 5 heteroatoms. The first-order valence-corrected chi connectivity index (χ1v) is 10.8. The van der Waals surface area contributed by atoms with Crippen LogP contribution in [-0.4, -0.2) is 30.0 Å². The maximum atomic E-state index is 11.3. The molecule has 2 heterocycles. The molecule has 0 N–H and O–H groups in total. The summed E-state index contributed by atoms with van der Waals surface area (Å²) in [6.45, 7) is 5.54. The highest BCUT2D eigenvalue weighted by Gasteiger charge is 2.24. The third kappa shape index (κ3) is 5.63. The molecule has 3 aromatic rings. The molecule has 5 nitrogen and oxygen atoms in total. The zero-order valence-corrected chi connectivity index (χ0v) is 18.0. The van der Waals surface area contributed by atoms with Gasteiger partial charge in [0.25, 0.3) is 0 Å². The quantitative estimate of drug-likeness (QED) is 0.477. The molecule has 0 bridgehead atoms. The summed E-state index contributed by atoms with van der Waals surface area (Å²) < 4.78 is 12.0. The van der Waals surface area contributed by atoms with E-state index in [4.69, 9.17) is 9.47 Å². The number of ether oxygens (including phenoxy) is 2. The third-order valence-corrected chi connectivity index (χ3v) is 5.58. The van der Waals surface area contributed by atoms with Gasteiger partial charge in [0.2, 0.25) is 0 Å². The molecule has 0 aliphatic carbocycles. The van der Waals surface area contributed by atoms with Crippen molar-refractivity contribution >= 4 is 11.5 Å². The van der Waals surface area contributed by atoms with Crippen LogP contribution in [0.4, 0.5) is 5.69 Å². The van der Waals surface area contributed by atoms with Gasteiger partial charge < -0.3 is 19.2 Å². The first kappa shape index (κ1) is 20.9. The van der Waals surface area contributed by atoms with Gasteiger partial charge >= 0.3 is 0 Å². The van der Waals surface area contributed by atoms with Crippen molar-refractivity contribution in [2.75, 3.05) is 18.0 Å². The molecule has 0 amide bonds. The average Bonchev–Trinajstić information content (AvgIpc) is 3.23. The van der Waals surface area contributed by atoms with Gasteiger partial charge in [0.05, 0.1) is 6.54 Å². The standard InChI is InChI=1S/C26H28N2O3/c1-19(17-20(2)29)21-3-7-23(8-4-21)31-26-13-16-28(18-26)22-5-9-24(10-6-22)30-25-11-14-27-15-12-25/h3-12,14-15,19,26H,13,16-18H2,1-2H3/t19-,26?/m1/s1. The van der Waals surface area contributed by atoms with Gasteiger partial charge in [-0.1, -0.05) is 19.1 Å². The lowest BCUT2D eigenvalue weighted by molar-refractivity contribution is -0.117. The van der Waals surface area contributed by atoms with Crippen molar-refractivity contribution in [3.05, 3.63) is 78.6 Å². The Kier molecular flexibility index (Phi) is 6.51. The van der Waals surface area contributed by atoms with E-state index in [0.717, 1.165) is 36.8 Å². The van der Waals surface area contributed by atoms with Crippen LogP contribution in [-0.2, 0) is 4.79 Å². The Bertz CT molecular complexity index is 987. The average molecular weight is 417 g/mol. The van der Waals surface area contributed by atoms with Crippen molar-refractivity contribution in [2.45, 2.75) is 38.7 Å². The molecular formula is C26H28N2O3. The second-order valence-electron chi connectivity index (χ2n) is 8.13. The highest BCUT2D eigenvalue weighted by Crippen LogP contribution is 2.28. The van der Waals surface area contributed by atoms with Crippen LogP contribution < -0.4 is 14.4 Å². The molecule has 1 aliphatic rings. The summed E-state index contributed by atoms with van der Waals surface area (Å²) in [5, 5.41) is 0. The Labute approximate surface area is 183 Å². The minimum absolute atomic E-state index is 0.160. The smallest absolute Gasteiger partial charge is 0.130 e. The van der Waals surface area contributed by atoms with Gasteiger partial charge in [-0.3, -0.25) is 4.98 Å². The molecule has 1 aromatic heterocycles. The van der Waals surface area contributed by atoms with Crippen LogP contribution in [0.2, 0.25) is 0 Å². The molecule has 1 fully saturated rings. The normalized spacial score (nSPS) is 16.7. The van der Waals surface area contributed by atoms with Crippen molar-refractivity contribution < 1.29 is 14.3 Å². The number of ketones is 1. The Balaban J connectivity index is 1.30. The number of rotatable bonds is 8. The largest absolute Gasteiger partial charge is 0.489 e. The summed E-state index contributed by atoms with van der Waals surface area (Å²) in [4.78, 5) is 17.7. The highest BCUT2D eigenvalue weighted by molar-refractivity contribution is 5.76. The molecule has 1 saturated heterocycles. The zero-order valence-electron chi connectivity index (χ0n) is 18.0. The van der Waals surface area contributed by atoms with Gasteiger partial charge in [-0.2, -0.15) is 0 Å². The van der Waals surface area contributed by atoms with Crippen LogP contribution in [0.25, 0.3) is 0 Å². The fourth-order valence-electron chi connectivity index (χ4n) is 3.94. The molecule has 0 spiro atoms. The number of carbonyl (C=O) groups is 1. The lowest BCUT2D eigenvalue weighted by Crippen LogP contribution is -2.24. The number of hydrogen-bond acceptors (Lipinski definition) is 5. The lowest BCUT2D eigenvalue weighted by atomic mass is 9.96. The zero-order chi connectivity index (χ0) is 21.6. The van der Waals surface area contributed by atoms with E-state index >= 15 is 0 Å². The third-order valence-electron chi connectivity index (χ3n) is 5.58. The minimum atomic E-state index is 0.160. The first-order chi connectivity index (χ1) is 15.1. The summed E-state index contributed by atoms with van der Waals surface area (Å²) in [5.74, 6) is 2.92. The van der Waals surface area contributed by atoms with Crippen molar-refractivity contribution in [3.63, 3.8) is 0 Å². The van der Waals surface area contributed by atoms with E-state index in [1.54, 1.807) is 19.3 Å². The van der Waals surface area contributed by atoms with Crippen molar-refractivity contribution in [1.82, 2.24) is 4.98 Å². The van der Waals surface area contributed by atoms with Crippen molar-refractivity contribution in [1.29, 1.82) is 0 Å². The fourth-order valence-corrected chi connectivity index (χ4v) is 3.94. The van der Waals surface area contributed by atoms with E-state index in [9.17, 15) is 4.79 Å². The second kappa shape index (κ2) is 9.65. The van der Waals surface area contributed by atoms with Gasteiger partial charge in [0.15, 0.2) is 0 Å². The SMILES string of the molecule is CC(=O)C[C@@H](C)c1ccc(OC2CCN(c3ccc(Oc4ccncc4)cc3)C2)cc1. The monoisotopic (exact) mass is 416 g/mol. The summed E-state index contributed by atoms with van der Waals surface area (Å²) in [7, 11) is 0. The maximum Gasteiger partial charge on any atom is 0.130 e. The molecule has 0 radical (unpaired) electrons. The van der Waals surface area contributed by atoms with Crippen LogP contribution in [0.3, 0.4) is 0 Å². The summed E-state index contributed by atoms with van der Waals surface area (Å²) >= 11 is 0. The van der Waals surface area contributed by atoms with Gasteiger partial charge in [0.1, 0.15) is 29.1 Å². The number of benzene rings is 2. The molecule has 160 valence electrons. The summed E-state index contributed by atoms with van der Waals surface area (Å²) in [6.07, 6.45) is 5.15. The van der Waals surface area contributed by atoms with Crippen molar-refractivity contribution in [3.8, 4) is 17.2 Å². The second-order valence-corrected chi connectivity index (χ2v) is 8.13. The van der Waals surface area contributed by atoms with Crippen molar-refractivity contribution in [2.24, 2.45) is 0 Å². The summed E-state index contributed by atoms with van der Waals surface area (Å²) in [6, 6.07) is 20.0. The Morgan fingerprint density at radius 1 is 1.00 bits per heavy atom. The molecule has 1 aliphatic heterocycles. The molecule has 0 saturated carbocycles. The predicted molar refractivity (Wildman–Crippen MR) is 122 cm³/mol. The van der Waals surface area contributed by atoms with Gasteiger partial charge in [-0.25, -0.2) is 0 Å². The van der Waals surface area contributed by atoms with E-state index in [1.165, 1.54) is 11.3 Å². The van der Waals surface area contributed by atoms with Gasteiger partial charge in [0, 0.05) is 37.5 Å². The van der Waals surface area contributed by atoms with E-state index < -0.39 is 0 Å². The lowest BCUT2D eigenvalue weighted by Gasteiger charge is -2.20. The van der Waals surface area contributed by atoms with Crippen LogP contribution in [0.1, 0.15) is 38.2 Å². The molecular weight excluding hydrogens is 388 g/mol. The molecule has 4 rings (SSSR count). The number of hydrogen-bond donors (Lipinski definition) is 0. The molecule has 2 atom stereocenters. The first-order valence-electron chi connectivity index (χ1n) is 10.8. The van der Waals surface area contributed by atoms with Crippen LogP contribution in [0, 0.1) is 0 Å². The van der Waals surface area contributed by atoms with E-state index in [-0.39, 0.29) is 17.8 Å². The number of Topliss-reactive ketones (excluding diaryl/α,β-unsaturated/α-hetero) is 1. The van der Waals surface area contributed by atoms with E-state index in [1.807, 2.05) is 36.4 Å². The topological polar surface area (TPSA) is 51.7 Å². The van der Waals surface area contributed by atoms with Crippen LogP contribution >= 0.6 is 0 Å². The minimum Gasteiger partial charge on any atom is -0.489 e. The number of carbonyl (C=O) groups excluding carboxylic acids is 1. The number of nitrogens with zero attached hydrogens (tertiary/aromatic N) is 2. The predicted octanol–water partition coefficient (Wildman–Crippen LogP) is 5.61. The molecule has 31 heavy (non-hydrogen) atoms. The fraction of sp³-hybridized carbons (Fsp3) is 0.308. The van der Waals surface area contributed by atoms with Gasteiger partial charge in [-0.05, 0) is 66.9 Å². The molecule has 1 unspecified atom stereocenters. The Morgan fingerprint density at radius 3 is 2.32 bits per heavy atom. The number of aromatic nitrogens is 1. The number of anilines is 1. The number of pyridine rings is 1. The summed E-state index contributed by atoms with van der Waals surface area (Å²) in [5.41, 5.74) is 2.34. The maximum absolute atomic E-state index is 11.3. The Morgan fingerprint density at radius 2 is 1.65 bits per heavy atom. The van der Waals surface area contributed by atoms with E-state index in [0.29, 0.717) is 6.42 Å². The highest BCUT2D eigenvalue weighted by atomic mass is 16.5. The van der Waals surface area contributed by atoms with Gasteiger partial charge in [-0.15, -0.1) is 0 Å². The van der Waals surface area contributed by atoms with E-state index in [2.05, 4.69) is 41.1 Å². The van der Waals surface area contributed by atoms with Crippen LogP contribution in [0.5, 0.6) is 17.2 Å². The van der Waals surface area contributed by atoms with Crippen LogP contribution in [0.15, 0.2) is 73.1 Å². The Hall–Kier alpha value is -3.34.